The Morgan fingerprint density at radius 1 is 0.972 bits per heavy atom. The van der Waals surface area contributed by atoms with E-state index in [2.05, 4.69) is 20.2 Å². The van der Waals surface area contributed by atoms with Crippen LogP contribution in [0.1, 0.15) is 17.3 Å². The second-order valence-corrected chi connectivity index (χ2v) is 9.35. The summed E-state index contributed by atoms with van der Waals surface area (Å²) in [4.78, 5) is 4.31. The van der Waals surface area contributed by atoms with E-state index in [9.17, 15) is 22.7 Å². The molecule has 1 saturated heterocycles. The number of piperazine rings is 1. The minimum atomic E-state index is -4.45. The molecule has 2 aliphatic heterocycles. The van der Waals surface area contributed by atoms with Crippen LogP contribution in [0.5, 0.6) is 0 Å². The van der Waals surface area contributed by atoms with Crippen LogP contribution in [0, 0.1) is 5.82 Å². The van der Waals surface area contributed by atoms with Gasteiger partial charge in [0.05, 0.1) is 18.3 Å². The summed E-state index contributed by atoms with van der Waals surface area (Å²) >= 11 is 0. The van der Waals surface area contributed by atoms with Crippen molar-refractivity contribution in [1.82, 2.24) is 20.0 Å². The average Bonchev–Trinajstić information content (AvgIpc) is 3.23. The quantitative estimate of drug-likeness (QED) is 0.504. The van der Waals surface area contributed by atoms with Crippen molar-refractivity contribution in [3.63, 3.8) is 0 Å². The molecule has 36 heavy (non-hydrogen) atoms. The zero-order chi connectivity index (χ0) is 25.3. The highest BCUT2D eigenvalue weighted by Crippen LogP contribution is 2.41. The molecule has 1 fully saturated rings. The summed E-state index contributed by atoms with van der Waals surface area (Å²) in [6.07, 6.45) is -4.82. The lowest BCUT2D eigenvalue weighted by atomic mass is 9.94. The second-order valence-electron chi connectivity index (χ2n) is 9.35. The summed E-state index contributed by atoms with van der Waals surface area (Å²) < 4.78 is 56.4. The number of hydrogen-bond donors (Lipinski definition) is 2. The largest absolute Gasteiger partial charge is 0.408 e. The van der Waals surface area contributed by atoms with Crippen LogP contribution in [0.2, 0.25) is 0 Å². The molecule has 5 rings (SSSR count). The van der Waals surface area contributed by atoms with Crippen LogP contribution < -0.4 is 10.2 Å². The topological polar surface area (TPSA) is 56.6 Å². The average molecular weight is 504 g/mol. The minimum absolute atomic E-state index is 0.123. The van der Waals surface area contributed by atoms with Crippen LogP contribution in [0.25, 0.3) is 11.3 Å². The first-order chi connectivity index (χ1) is 17.3. The van der Waals surface area contributed by atoms with Gasteiger partial charge in [-0.25, -0.2) is 4.39 Å². The zero-order valence-electron chi connectivity index (χ0n) is 19.8. The van der Waals surface area contributed by atoms with E-state index >= 15 is 0 Å². The molecule has 10 heteroatoms. The van der Waals surface area contributed by atoms with Gasteiger partial charge in [-0.15, -0.1) is 0 Å². The van der Waals surface area contributed by atoms with Crippen molar-refractivity contribution >= 4 is 5.69 Å². The number of hydrogen-bond acceptors (Lipinski definition) is 5. The van der Waals surface area contributed by atoms with Crippen molar-refractivity contribution < 1.29 is 22.7 Å². The van der Waals surface area contributed by atoms with Crippen LogP contribution in [0.15, 0.2) is 54.6 Å². The van der Waals surface area contributed by atoms with Crippen molar-refractivity contribution in [2.45, 2.75) is 31.3 Å². The van der Waals surface area contributed by atoms with Gasteiger partial charge in [0.2, 0.25) is 0 Å². The highest BCUT2D eigenvalue weighted by molar-refractivity contribution is 5.65. The van der Waals surface area contributed by atoms with E-state index in [0.29, 0.717) is 29.9 Å². The van der Waals surface area contributed by atoms with Crippen LogP contribution >= 0.6 is 0 Å². The standard InChI is InChI=1S/C26H29F4N5O/c27-19-6-8-20(9-7-19)34-14-12-33(13-15-34)16-21(36)17-35-22-10-11-31-25(26(28,29)30)23(22)24(32-35)18-4-2-1-3-5-18/h1-9,21,25,31,36H,10-17H2. The summed E-state index contributed by atoms with van der Waals surface area (Å²) in [6, 6.07) is 13.5. The van der Waals surface area contributed by atoms with Crippen LogP contribution in [-0.2, 0) is 13.0 Å². The Morgan fingerprint density at radius 3 is 2.33 bits per heavy atom. The number of rotatable bonds is 6. The molecule has 3 aromatic rings. The fourth-order valence-corrected chi connectivity index (χ4v) is 5.15. The monoisotopic (exact) mass is 503 g/mol. The first-order valence-corrected chi connectivity index (χ1v) is 12.2. The number of nitrogens with zero attached hydrogens (tertiary/aromatic N) is 4. The molecule has 0 radical (unpaired) electrons. The van der Waals surface area contributed by atoms with E-state index in [1.54, 1.807) is 41.1 Å². The zero-order valence-corrected chi connectivity index (χ0v) is 19.8. The molecule has 2 aromatic carbocycles. The van der Waals surface area contributed by atoms with E-state index in [1.165, 1.54) is 12.1 Å². The van der Waals surface area contributed by atoms with Crippen molar-refractivity contribution in [2.24, 2.45) is 0 Å². The fourth-order valence-electron chi connectivity index (χ4n) is 5.15. The third-order valence-electron chi connectivity index (χ3n) is 6.89. The van der Waals surface area contributed by atoms with E-state index in [4.69, 9.17) is 0 Å². The maximum atomic E-state index is 13.9. The highest BCUT2D eigenvalue weighted by Gasteiger charge is 2.46. The summed E-state index contributed by atoms with van der Waals surface area (Å²) in [5.74, 6) is -0.269. The Hall–Kier alpha value is -2.95. The van der Waals surface area contributed by atoms with Gasteiger partial charge >= 0.3 is 6.18 Å². The molecule has 192 valence electrons. The normalized spacial score (nSPS) is 19.8. The molecule has 2 aliphatic rings. The van der Waals surface area contributed by atoms with Gasteiger partial charge in [0.15, 0.2) is 0 Å². The van der Waals surface area contributed by atoms with Gasteiger partial charge in [0.1, 0.15) is 11.9 Å². The van der Waals surface area contributed by atoms with Crippen molar-refractivity contribution in [3.05, 3.63) is 71.7 Å². The maximum absolute atomic E-state index is 13.9. The number of anilines is 1. The lowest BCUT2D eigenvalue weighted by Crippen LogP contribution is -2.49. The third-order valence-corrected chi connectivity index (χ3v) is 6.89. The number of halogens is 4. The molecule has 2 unspecified atom stereocenters. The number of benzene rings is 2. The predicted molar refractivity (Wildman–Crippen MR) is 129 cm³/mol. The van der Waals surface area contributed by atoms with E-state index in [1.807, 2.05) is 6.07 Å². The van der Waals surface area contributed by atoms with E-state index in [0.717, 1.165) is 31.9 Å². The Balaban J connectivity index is 1.29. The summed E-state index contributed by atoms with van der Waals surface area (Å²) in [6.45, 7) is 3.64. The number of nitrogens with one attached hydrogen (secondary N) is 1. The molecule has 2 atom stereocenters. The maximum Gasteiger partial charge on any atom is 0.408 e. The number of alkyl halides is 3. The number of β-amino-alcohol motifs (C(OH)–C–C–N with tert-alkyl or cyclic N) is 1. The van der Waals surface area contributed by atoms with Gasteiger partial charge in [-0.2, -0.15) is 18.3 Å². The minimum Gasteiger partial charge on any atom is -0.390 e. The first kappa shape index (κ1) is 24.7. The molecule has 0 bridgehead atoms. The van der Waals surface area contributed by atoms with Crippen molar-refractivity contribution in [2.75, 3.05) is 44.2 Å². The molecular weight excluding hydrogens is 474 g/mol. The lowest BCUT2D eigenvalue weighted by Gasteiger charge is -2.37. The van der Waals surface area contributed by atoms with Gasteiger partial charge in [-0.3, -0.25) is 9.58 Å². The lowest BCUT2D eigenvalue weighted by molar-refractivity contribution is -0.158. The second kappa shape index (κ2) is 10.2. The van der Waals surface area contributed by atoms with Gasteiger partial charge < -0.3 is 15.3 Å². The molecule has 0 saturated carbocycles. The molecular formula is C26H29F4N5O. The van der Waals surface area contributed by atoms with Gasteiger partial charge in [0.25, 0.3) is 0 Å². The van der Waals surface area contributed by atoms with Gasteiger partial charge in [-0.05, 0) is 24.3 Å². The van der Waals surface area contributed by atoms with Crippen molar-refractivity contribution in [3.8, 4) is 11.3 Å². The smallest absolute Gasteiger partial charge is 0.390 e. The number of aliphatic hydroxyl groups is 1. The highest BCUT2D eigenvalue weighted by atomic mass is 19.4. The summed E-state index contributed by atoms with van der Waals surface area (Å²) in [7, 11) is 0. The SMILES string of the molecule is OC(CN1CCN(c2ccc(F)cc2)CC1)Cn1nc(-c2ccccc2)c2c1CCNC2C(F)(F)F. The third kappa shape index (κ3) is 5.25. The number of aromatic nitrogens is 2. The van der Waals surface area contributed by atoms with Crippen LogP contribution in [-0.4, -0.2) is 71.3 Å². The Kier molecular flexibility index (Phi) is 7.00. The Morgan fingerprint density at radius 2 is 1.67 bits per heavy atom. The Bertz CT molecular complexity index is 1160. The van der Waals surface area contributed by atoms with E-state index in [-0.39, 0.29) is 24.5 Å². The molecule has 0 spiro atoms. The van der Waals surface area contributed by atoms with Crippen molar-refractivity contribution in [1.29, 1.82) is 0 Å². The number of aliphatic hydroxyl groups excluding tert-OH is 1. The fraction of sp³-hybridized carbons (Fsp3) is 0.423. The molecule has 6 nitrogen and oxygen atoms in total. The summed E-state index contributed by atoms with van der Waals surface area (Å²) in [5.41, 5.74) is 2.56. The number of fused-ring (bicyclic) bond motifs is 1. The molecule has 0 aliphatic carbocycles. The Labute approximate surface area is 207 Å². The predicted octanol–water partition coefficient (Wildman–Crippen LogP) is 3.62. The molecule has 3 heterocycles. The molecule has 0 amide bonds. The molecule has 2 N–H and O–H groups in total. The first-order valence-electron chi connectivity index (χ1n) is 12.2. The van der Waals surface area contributed by atoms with Gasteiger partial charge in [-0.1, -0.05) is 30.3 Å². The summed E-state index contributed by atoms with van der Waals surface area (Å²) in [5, 5.41) is 18.1. The van der Waals surface area contributed by atoms with Gasteiger partial charge in [0, 0.05) is 68.2 Å². The molecule has 1 aromatic heterocycles. The van der Waals surface area contributed by atoms with E-state index < -0.39 is 18.3 Å². The van der Waals surface area contributed by atoms with Crippen LogP contribution in [0.4, 0.5) is 23.2 Å². The van der Waals surface area contributed by atoms with Crippen LogP contribution in [0.3, 0.4) is 0 Å².